The molecule has 0 radical (unpaired) electrons. The second-order valence-corrected chi connectivity index (χ2v) is 8.13. The van der Waals surface area contributed by atoms with Gasteiger partial charge in [-0.25, -0.2) is 0 Å². The van der Waals surface area contributed by atoms with E-state index in [9.17, 15) is 4.79 Å². The Morgan fingerprint density at radius 2 is 1.73 bits per heavy atom. The summed E-state index contributed by atoms with van der Waals surface area (Å²) in [4.78, 5) is 16.7. The lowest BCUT2D eigenvalue weighted by Crippen LogP contribution is -2.45. The SMILES string of the molecule is CCNC(=NCC1(c2ccccc2)CCC1)NCCNC(=O)C(C)(C)C. The maximum atomic E-state index is 11.9. The van der Waals surface area contributed by atoms with E-state index < -0.39 is 0 Å². The molecule has 2 rings (SSSR count). The van der Waals surface area contributed by atoms with E-state index >= 15 is 0 Å². The van der Waals surface area contributed by atoms with Crippen molar-refractivity contribution in [2.45, 2.75) is 52.4 Å². The Bertz CT molecular complexity index is 600. The lowest BCUT2D eigenvalue weighted by molar-refractivity contribution is -0.128. The first-order chi connectivity index (χ1) is 12.4. The predicted molar refractivity (Wildman–Crippen MR) is 108 cm³/mol. The van der Waals surface area contributed by atoms with Gasteiger partial charge in [0.05, 0.1) is 6.54 Å². The molecule has 1 aromatic rings. The molecule has 0 atom stereocenters. The summed E-state index contributed by atoms with van der Waals surface area (Å²) in [5.74, 6) is 0.887. The molecule has 0 spiro atoms. The van der Waals surface area contributed by atoms with Crippen molar-refractivity contribution < 1.29 is 4.79 Å². The van der Waals surface area contributed by atoms with Crippen molar-refractivity contribution in [1.82, 2.24) is 16.0 Å². The van der Waals surface area contributed by atoms with Gasteiger partial charge in [0.1, 0.15) is 0 Å². The Balaban J connectivity index is 1.89. The molecule has 0 heterocycles. The van der Waals surface area contributed by atoms with E-state index in [0.29, 0.717) is 13.1 Å². The van der Waals surface area contributed by atoms with Gasteiger partial charge in [-0.3, -0.25) is 9.79 Å². The highest BCUT2D eigenvalue weighted by molar-refractivity contribution is 5.82. The van der Waals surface area contributed by atoms with E-state index in [1.807, 2.05) is 20.8 Å². The van der Waals surface area contributed by atoms with Crippen molar-refractivity contribution in [2.24, 2.45) is 10.4 Å². The number of carbonyl (C=O) groups excluding carboxylic acids is 1. The molecule has 0 unspecified atom stereocenters. The number of amides is 1. The fraction of sp³-hybridized carbons (Fsp3) is 0.619. The normalized spacial score (nSPS) is 16.5. The number of guanidine groups is 1. The van der Waals surface area contributed by atoms with Crippen molar-refractivity contribution >= 4 is 11.9 Å². The second-order valence-electron chi connectivity index (χ2n) is 8.13. The van der Waals surface area contributed by atoms with E-state index in [1.165, 1.54) is 24.8 Å². The highest BCUT2D eigenvalue weighted by Gasteiger charge is 2.38. The van der Waals surface area contributed by atoms with Crippen LogP contribution in [0, 0.1) is 5.41 Å². The zero-order valence-electron chi connectivity index (χ0n) is 16.7. The lowest BCUT2D eigenvalue weighted by Gasteiger charge is -2.41. The fourth-order valence-electron chi connectivity index (χ4n) is 3.13. The molecule has 0 aliphatic heterocycles. The monoisotopic (exact) mass is 358 g/mol. The van der Waals surface area contributed by atoms with Crippen LogP contribution in [0.4, 0.5) is 0 Å². The molecule has 26 heavy (non-hydrogen) atoms. The lowest BCUT2D eigenvalue weighted by atomic mass is 9.64. The number of aliphatic imine (C=N–C) groups is 1. The molecule has 1 fully saturated rings. The average Bonchev–Trinajstić information content (AvgIpc) is 2.57. The zero-order valence-corrected chi connectivity index (χ0v) is 16.7. The Morgan fingerprint density at radius 3 is 2.27 bits per heavy atom. The van der Waals surface area contributed by atoms with Gasteiger partial charge in [0.2, 0.25) is 5.91 Å². The summed E-state index contributed by atoms with van der Waals surface area (Å²) in [5, 5.41) is 9.58. The maximum Gasteiger partial charge on any atom is 0.225 e. The molecule has 1 saturated carbocycles. The Hall–Kier alpha value is -2.04. The van der Waals surface area contributed by atoms with Gasteiger partial charge in [-0.1, -0.05) is 57.5 Å². The smallest absolute Gasteiger partial charge is 0.225 e. The third kappa shape index (κ3) is 5.48. The summed E-state index contributed by atoms with van der Waals surface area (Å²) in [7, 11) is 0. The average molecular weight is 359 g/mol. The highest BCUT2D eigenvalue weighted by atomic mass is 16.2. The molecule has 0 bridgehead atoms. The first kappa shape index (κ1) is 20.3. The number of rotatable bonds is 7. The van der Waals surface area contributed by atoms with E-state index in [2.05, 4.69) is 53.2 Å². The van der Waals surface area contributed by atoms with Crippen molar-refractivity contribution in [3.63, 3.8) is 0 Å². The number of hydrogen-bond donors (Lipinski definition) is 3. The summed E-state index contributed by atoms with van der Waals surface area (Å²) in [6, 6.07) is 10.7. The quantitative estimate of drug-likeness (QED) is 0.399. The van der Waals surface area contributed by atoms with Crippen LogP contribution < -0.4 is 16.0 Å². The zero-order chi connectivity index (χ0) is 19.0. The van der Waals surface area contributed by atoms with Gasteiger partial charge in [-0.2, -0.15) is 0 Å². The van der Waals surface area contributed by atoms with Crippen molar-refractivity contribution in [1.29, 1.82) is 0 Å². The topological polar surface area (TPSA) is 65.5 Å². The molecule has 1 aliphatic rings. The van der Waals surface area contributed by atoms with Crippen LogP contribution in [0.25, 0.3) is 0 Å². The minimum atomic E-state index is -0.356. The van der Waals surface area contributed by atoms with E-state index in [1.54, 1.807) is 0 Å². The molecule has 5 heteroatoms. The van der Waals surface area contributed by atoms with E-state index in [4.69, 9.17) is 4.99 Å². The number of benzene rings is 1. The van der Waals surface area contributed by atoms with Gasteiger partial charge in [-0.05, 0) is 25.3 Å². The highest BCUT2D eigenvalue weighted by Crippen LogP contribution is 2.43. The molecule has 0 aromatic heterocycles. The summed E-state index contributed by atoms with van der Waals surface area (Å²) >= 11 is 0. The number of nitrogens with zero attached hydrogens (tertiary/aromatic N) is 1. The van der Waals surface area contributed by atoms with Gasteiger partial charge in [0.15, 0.2) is 5.96 Å². The van der Waals surface area contributed by atoms with Crippen LogP contribution in [0.15, 0.2) is 35.3 Å². The largest absolute Gasteiger partial charge is 0.357 e. The minimum absolute atomic E-state index is 0.0683. The van der Waals surface area contributed by atoms with Crippen LogP contribution >= 0.6 is 0 Å². The van der Waals surface area contributed by atoms with Gasteiger partial charge in [-0.15, -0.1) is 0 Å². The Kier molecular flexibility index (Phi) is 7.06. The fourth-order valence-corrected chi connectivity index (χ4v) is 3.13. The van der Waals surface area contributed by atoms with Crippen molar-refractivity contribution in [3.8, 4) is 0 Å². The summed E-state index contributed by atoms with van der Waals surface area (Å²) in [5.41, 5.74) is 1.22. The van der Waals surface area contributed by atoms with E-state index in [-0.39, 0.29) is 16.7 Å². The summed E-state index contributed by atoms with van der Waals surface area (Å²) in [6.07, 6.45) is 3.66. The predicted octanol–water partition coefficient (Wildman–Crippen LogP) is 2.83. The van der Waals surface area contributed by atoms with Gasteiger partial charge < -0.3 is 16.0 Å². The molecule has 1 amide bonds. The molecule has 144 valence electrons. The molecule has 0 saturated heterocycles. The van der Waals surface area contributed by atoms with Crippen molar-refractivity contribution in [2.75, 3.05) is 26.2 Å². The maximum absolute atomic E-state index is 11.9. The van der Waals surface area contributed by atoms with Crippen LogP contribution in [-0.2, 0) is 10.2 Å². The number of carbonyl (C=O) groups is 1. The van der Waals surface area contributed by atoms with Crippen molar-refractivity contribution in [3.05, 3.63) is 35.9 Å². The van der Waals surface area contributed by atoms with Crippen LogP contribution in [0.5, 0.6) is 0 Å². The molecule has 1 aliphatic carbocycles. The van der Waals surface area contributed by atoms with Gasteiger partial charge in [0, 0.05) is 30.5 Å². The van der Waals surface area contributed by atoms with E-state index in [0.717, 1.165) is 19.0 Å². The molecular weight excluding hydrogens is 324 g/mol. The minimum Gasteiger partial charge on any atom is -0.357 e. The summed E-state index contributed by atoms with van der Waals surface area (Å²) in [6.45, 7) is 10.7. The number of nitrogens with one attached hydrogen (secondary N) is 3. The van der Waals surface area contributed by atoms with Gasteiger partial charge in [0.25, 0.3) is 0 Å². The number of hydrogen-bond acceptors (Lipinski definition) is 2. The van der Waals surface area contributed by atoms with Crippen LogP contribution in [0.1, 0.15) is 52.5 Å². The van der Waals surface area contributed by atoms with Gasteiger partial charge >= 0.3 is 0 Å². The first-order valence-corrected chi connectivity index (χ1v) is 9.73. The second kappa shape index (κ2) is 9.06. The Labute approximate surface area is 158 Å². The van der Waals surface area contributed by atoms with Crippen LogP contribution in [0.3, 0.4) is 0 Å². The standard InChI is InChI=1S/C21H34N4O/c1-5-22-19(24-15-14-23-18(26)20(2,3)4)25-16-21(12-9-13-21)17-10-7-6-8-11-17/h6-8,10-11H,5,9,12-16H2,1-4H3,(H,23,26)(H2,22,24,25). The third-order valence-electron chi connectivity index (χ3n) is 4.97. The molecule has 3 N–H and O–H groups in total. The Morgan fingerprint density at radius 1 is 1.08 bits per heavy atom. The first-order valence-electron chi connectivity index (χ1n) is 9.73. The summed E-state index contributed by atoms with van der Waals surface area (Å²) < 4.78 is 0. The molecular formula is C21H34N4O. The third-order valence-corrected chi connectivity index (χ3v) is 4.97. The molecule has 5 nitrogen and oxygen atoms in total. The van der Waals surface area contributed by atoms with Crippen LogP contribution in [-0.4, -0.2) is 38.0 Å². The molecule has 1 aromatic carbocycles. The van der Waals surface area contributed by atoms with Crippen LogP contribution in [0.2, 0.25) is 0 Å².